The van der Waals surface area contributed by atoms with Crippen LogP contribution in [0.1, 0.15) is 37.3 Å². The van der Waals surface area contributed by atoms with E-state index in [0.717, 1.165) is 5.56 Å². The van der Waals surface area contributed by atoms with Crippen LogP contribution in [-0.4, -0.2) is 48.0 Å². The average Bonchev–Trinajstić information content (AvgIpc) is 2.86. The summed E-state index contributed by atoms with van der Waals surface area (Å²) in [5, 5.41) is 21.9. The summed E-state index contributed by atoms with van der Waals surface area (Å²) in [5.41, 5.74) is -0.0118. The Balaban J connectivity index is 2.06. The molecule has 9 heteroatoms. The van der Waals surface area contributed by atoms with Crippen molar-refractivity contribution in [1.29, 1.82) is 0 Å². The Morgan fingerprint density at radius 2 is 1.89 bits per heavy atom. The van der Waals surface area contributed by atoms with Crippen LogP contribution < -0.4 is 0 Å². The fraction of sp³-hybridized carbons (Fsp3) is 0.296. The summed E-state index contributed by atoms with van der Waals surface area (Å²) in [5.74, 6) is -3.02. The number of benzene rings is 2. The minimum absolute atomic E-state index is 0.000501. The van der Waals surface area contributed by atoms with Crippen LogP contribution in [0.15, 0.2) is 76.9 Å². The van der Waals surface area contributed by atoms with Crippen LogP contribution in [0.2, 0.25) is 0 Å². The Morgan fingerprint density at radius 3 is 2.53 bits per heavy atom. The van der Waals surface area contributed by atoms with E-state index < -0.39 is 28.2 Å². The molecule has 2 aromatic carbocycles. The van der Waals surface area contributed by atoms with Crippen molar-refractivity contribution in [2.75, 3.05) is 20.3 Å². The van der Waals surface area contributed by atoms with Gasteiger partial charge < -0.3 is 14.6 Å². The van der Waals surface area contributed by atoms with Crippen LogP contribution >= 0.6 is 0 Å². The number of hydrogen-bond acceptors (Lipinski definition) is 7. The number of aliphatic carboxylic acids is 1. The Kier molecular flexibility index (Phi) is 8.50. The second kappa shape index (κ2) is 11.5. The zero-order valence-electron chi connectivity index (χ0n) is 20.3. The quantitative estimate of drug-likeness (QED) is 0.287. The summed E-state index contributed by atoms with van der Waals surface area (Å²) in [7, 11) is 1.45. The number of non-ortho nitro benzene ring substituents is 1. The van der Waals surface area contributed by atoms with Crippen LogP contribution in [0.3, 0.4) is 0 Å². The highest BCUT2D eigenvalue weighted by Crippen LogP contribution is 2.50. The number of carboxylic acids is 1. The summed E-state index contributed by atoms with van der Waals surface area (Å²) in [6.45, 7) is 3.22. The number of carboxylic acid groups (broad SMARTS) is 1. The molecule has 0 aliphatic carbocycles. The van der Waals surface area contributed by atoms with Gasteiger partial charge in [0.25, 0.3) is 5.69 Å². The van der Waals surface area contributed by atoms with E-state index in [9.17, 15) is 24.8 Å². The van der Waals surface area contributed by atoms with Crippen molar-refractivity contribution in [3.63, 3.8) is 0 Å². The maximum Gasteiger partial charge on any atom is 0.336 e. The Hall–Kier alpha value is -4.11. The van der Waals surface area contributed by atoms with E-state index in [1.165, 1.54) is 25.3 Å². The first-order valence-corrected chi connectivity index (χ1v) is 11.3. The monoisotopic (exact) mass is 492 g/mol. The van der Waals surface area contributed by atoms with Crippen molar-refractivity contribution in [3.8, 4) is 0 Å². The van der Waals surface area contributed by atoms with Crippen LogP contribution in [0.5, 0.6) is 0 Å². The molecule has 36 heavy (non-hydrogen) atoms. The summed E-state index contributed by atoms with van der Waals surface area (Å²) < 4.78 is 10.7. The van der Waals surface area contributed by atoms with Crippen molar-refractivity contribution >= 4 is 29.4 Å². The maximum atomic E-state index is 13.4. The molecule has 0 radical (unpaired) electrons. The van der Waals surface area contributed by atoms with Gasteiger partial charge in [0, 0.05) is 43.2 Å². The number of methoxy groups -OCH3 is 1. The van der Waals surface area contributed by atoms with E-state index in [0.29, 0.717) is 11.3 Å². The molecule has 188 valence electrons. The number of nitro benzene ring substituents is 1. The molecule has 2 atom stereocenters. The molecule has 9 nitrogen and oxygen atoms in total. The van der Waals surface area contributed by atoms with E-state index in [4.69, 9.17) is 9.47 Å². The molecule has 0 spiro atoms. The molecule has 0 fully saturated rings. The molecule has 0 aromatic heterocycles. The molecule has 0 saturated carbocycles. The van der Waals surface area contributed by atoms with Gasteiger partial charge >= 0.3 is 11.9 Å². The zero-order valence-corrected chi connectivity index (χ0v) is 20.3. The minimum Gasteiger partial charge on any atom is -0.481 e. The molecular formula is C27H28N2O7. The van der Waals surface area contributed by atoms with E-state index in [2.05, 4.69) is 4.99 Å². The number of ether oxygens (including phenoxy) is 2. The number of carbonyl (C=O) groups is 2. The molecule has 0 saturated heterocycles. The number of rotatable bonds is 10. The van der Waals surface area contributed by atoms with Gasteiger partial charge in [0.15, 0.2) is 0 Å². The smallest absolute Gasteiger partial charge is 0.336 e. The normalized spacial score (nSPS) is 19.8. The molecule has 0 amide bonds. The van der Waals surface area contributed by atoms with Gasteiger partial charge in [0.2, 0.25) is 0 Å². The van der Waals surface area contributed by atoms with Gasteiger partial charge in [-0.1, -0.05) is 48.5 Å². The summed E-state index contributed by atoms with van der Waals surface area (Å²) >= 11 is 0. The SMILES string of the molecule is COCCC1(C(=O)O)C(C)=NC(C)=C(C(=O)OCC=Cc2ccccc2)C1c1cccc([N+](=O)[O-])c1. The van der Waals surface area contributed by atoms with Gasteiger partial charge in [0.05, 0.1) is 10.5 Å². The number of allylic oxidation sites excluding steroid dienone is 1. The predicted molar refractivity (Wildman–Crippen MR) is 135 cm³/mol. The third-order valence-corrected chi connectivity index (χ3v) is 6.29. The van der Waals surface area contributed by atoms with E-state index in [-0.39, 0.29) is 36.6 Å². The van der Waals surface area contributed by atoms with Gasteiger partial charge in [0.1, 0.15) is 12.0 Å². The topological polar surface area (TPSA) is 128 Å². The molecule has 1 heterocycles. The second-order valence-corrected chi connectivity index (χ2v) is 8.41. The fourth-order valence-corrected chi connectivity index (χ4v) is 4.53. The van der Waals surface area contributed by atoms with Crippen LogP contribution in [0.25, 0.3) is 6.08 Å². The van der Waals surface area contributed by atoms with E-state index in [1.54, 1.807) is 32.1 Å². The molecule has 2 aromatic rings. The van der Waals surface area contributed by atoms with Gasteiger partial charge in [-0.05, 0) is 37.5 Å². The van der Waals surface area contributed by atoms with Crippen LogP contribution in [0.4, 0.5) is 5.69 Å². The lowest BCUT2D eigenvalue weighted by Gasteiger charge is -2.41. The van der Waals surface area contributed by atoms with Crippen molar-refractivity contribution in [3.05, 3.63) is 93.2 Å². The van der Waals surface area contributed by atoms with Crippen molar-refractivity contribution < 1.29 is 29.1 Å². The van der Waals surface area contributed by atoms with Gasteiger partial charge in [-0.15, -0.1) is 0 Å². The first-order valence-electron chi connectivity index (χ1n) is 11.3. The zero-order chi connectivity index (χ0) is 26.3. The van der Waals surface area contributed by atoms with Crippen molar-refractivity contribution in [2.24, 2.45) is 10.4 Å². The third-order valence-electron chi connectivity index (χ3n) is 6.29. The first-order chi connectivity index (χ1) is 17.2. The lowest BCUT2D eigenvalue weighted by Crippen LogP contribution is -2.48. The largest absolute Gasteiger partial charge is 0.481 e. The predicted octanol–water partition coefficient (Wildman–Crippen LogP) is 4.79. The molecule has 1 aliphatic rings. The average molecular weight is 493 g/mol. The van der Waals surface area contributed by atoms with Crippen molar-refractivity contribution in [1.82, 2.24) is 0 Å². The number of nitrogens with zero attached hydrogens (tertiary/aromatic N) is 2. The number of hydrogen-bond donors (Lipinski definition) is 1. The Morgan fingerprint density at radius 1 is 1.17 bits per heavy atom. The van der Waals surface area contributed by atoms with Crippen LogP contribution in [0, 0.1) is 15.5 Å². The van der Waals surface area contributed by atoms with E-state index >= 15 is 0 Å². The van der Waals surface area contributed by atoms with Crippen molar-refractivity contribution in [2.45, 2.75) is 26.2 Å². The summed E-state index contributed by atoms with van der Waals surface area (Å²) in [6, 6.07) is 15.1. The first kappa shape index (κ1) is 26.5. The maximum absolute atomic E-state index is 13.4. The number of aliphatic imine (C=N–C) groups is 1. The molecule has 1 aliphatic heterocycles. The molecular weight excluding hydrogens is 464 g/mol. The highest BCUT2D eigenvalue weighted by molar-refractivity contribution is 6.10. The molecule has 3 rings (SSSR count). The standard InChI is InChI=1S/C27H28N2O7/c1-18-23(25(30)36-15-8-11-20-9-5-4-6-10-20)24(21-12-7-13-22(17-21)29(33)34)27(26(31)32,14-16-35-3)19(2)28-18/h4-13,17,24H,14-16H2,1-3H3,(H,31,32). The Bertz CT molecular complexity index is 1230. The van der Waals surface area contributed by atoms with Gasteiger partial charge in [-0.3, -0.25) is 19.9 Å². The highest BCUT2D eigenvalue weighted by atomic mass is 16.6. The van der Waals surface area contributed by atoms with Gasteiger partial charge in [-0.25, -0.2) is 4.79 Å². The lowest BCUT2D eigenvalue weighted by molar-refractivity contribution is -0.384. The van der Waals surface area contributed by atoms with Crippen LogP contribution in [-0.2, 0) is 19.1 Å². The lowest BCUT2D eigenvalue weighted by atomic mass is 9.62. The third kappa shape index (κ3) is 5.41. The molecule has 0 bridgehead atoms. The fourth-order valence-electron chi connectivity index (χ4n) is 4.53. The number of nitro groups is 1. The van der Waals surface area contributed by atoms with Gasteiger partial charge in [-0.2, -0.15) is 0 Å². The number of carbonyl (C=O) groups excluding carboxylic acids is 1. The Labute approximate surface area is 208 Å². The molecule has 1 N–H and O–H groups in total. The minimum atomic E-state index is -1.67. The summed E-state index contributed by atoms with van der Waals surface area (Å²) in [6.07, 6.45) is 3.48. The molecule has 2 unspecified atom stereocenters. The highest BCUT2D eigenvalue weighted by Gasteiger charge is 2.54. The summed E-state index contributed by atoms with van der Waals surface area (Å²) in [4.78, 5) is 41.5. The number of esters is 1. The second-order valence-electron chi connectivity index (χ2n) is 8.41. The van der Waals surface area contributed by atoms with E-state index in [1.807, 2.05) is 30.3 Å².